The highest BCUT2D eigenvalue weighted by Gasteiger charge is 2.40. The number of anilines is 1. The Balaban J connectivity index is 1.71. The smallest absolute Gasteiger partial charge is 0.325 e. The Labute approximate surface area is 163 Å². The largest absolute Gasteiger partial charge is 0.350 e. The minimum absolute atomic E-state index is 0.0676. The van der Waals surface area contributed by atoms with E-state index in [4.69, 9.17) is 23.2 Å². The van der Waals surface area contributed by atoms with E-state index in [1.807, 2.05) is 0 Å². The van der Waals surface area contributed by atoms with Crippen molar-refractivity contribution in [3.63, 3.8) is 0 Å². The maximum absolute atomic E-state index is 13.5. The third-order valence-electron chi connectivity index (χ3n) is 4.26. The average Bonchev–Trinajstić information content (AvgIpc) is 2.95. The molecule has 0 saturated carbocycles. The van der Waals surface area contributed by atoms with Crippen LogP contribution in [0.5, 0.6) is 0 Å². The first-order chi connectivity index (χ1) is 12.8. The summed E-state index contributed by atoms with van der Waals surface area (Å²) in [5.41, 5.74) is 0.623. The summed E-state index contributed by atoms with van der Waals surface area (Å²) in [4.78, 5) is 31.5. The van der Waals surface area contributed by atoms with Crippen LogP contribution in [0.4, 0.5) is 19.3 Å². The molecular formula is C17H14Cl2F2N4O2. The van der Waals surface area contributed by atoms with Crippen molar-refractivity contribution in [1.29, 1.82) is 0 Å². The molecule has 10 heteroatoms. The molecule has 1 aromatic heterocycles. The van der Waals surface area contributed by atoms with Crippen LogP contribution in [0.3, 0.4) is 0 Å². The molecule has 0 unspecified atom stereocenters. The van der Waals surface area contributed by atoms with Crippen LogP contribution in [0.25, 0.3) is 0 Å². The van der Waals surface area contributed by atoms with Crippen molar-refractivity contribution >= 4 is 40.8 Å². The van der Waals surface area contributed by atoms with E-state index in [1.54, 1.807) is 12.1 Å². The van der Waals surface area contributed by atoms with E-state index in [0.29, 0.717) is 5.69 Å². The first kappa shape index (κ1) is 19.3. The van der Waals surface area contributed by atoms with Gasteiger partial charge in [-0.15, -0.1) is 0 Å². The second-order valence-electron chi connectivity index (χ2n) is 5.89. The molecule has 1 aliphatic rings. The molecule has 0 radical (unpaired) electrons. The number of hydrogen-bond acceptors (Lipinski definition) is 3. The van der Waals surface area contributed by atoms with E-state index in [0.717, 1.165) is 6.07 Å². The van der Waals surface area contributed by atoms with Gasteiger partial charge in [0.2, 0.25) is 5.91 Å². The number of pyridine rings is 1. The van der Waals surface area contributed by atoms with Gasteiger partial charge in [-0.05, 0) is 23.8 Å². The molecule has 0 spiro atoms. The van der Waals surface area contributed by atoms with Gasteiger partial charge in [0.05, 0.1) is 17.3 Å². The molecular weight excluding hydrogens is 401 g/mol. The number of hydrogen-bond donors (Lipinski definition) is 1. The van der Waals surface area contributed by atoms with Crippen molar-refractivity contribution in [1.82, 2.24) is 15.2 Å². The van der Waals surface area contributed by atoms with Crippen LogP contribution in [0, 0.1) is 11.6 Å². The van der Waals surface area contributed by atoms with Crippen LogP contribution in [0.1, 0.15) is 5.56 Å². The van der Waals surface area contributed by atoms with Crippen LogP contribution in [-0.2, 0) is 11.3 Å². The lowest BCUT2D eigenvalue weighted by atomic mass is 10.2. The van der Waals surface area contributed by atoms with Crippen molar-refractivity contribution < 1.29 is 18.4 Å². The zero-order valence-corrected chi connectivity index (χ0v) is 15.6. The summed E-state index contributed by atoms with van der Waals surface area (Å²) >= 11 is 11.8. The zero-order valence-electron chi connectivity index (χ0n) is 14.0. The lowest BCUT2D eigenvalue weighted by Crippen LogP contribution is -2.43. The Kier molecular flexibility index (Phi) is 5.48. The van der Waals surface area contributed by atoms with Crippen LogP contribution >= 0.6 is 23.2 Å². The van der Waals surface area contributed by atoms with Gasteiger partial charge in [0.1, 0.15) is 6.04 Å². The number of nitrogens with zero attached hydrogens (tertiary/aromatic N) is 3. The Morgan fingerprint density at radius 3 is 2.78 bits per heavy atom. The summed E-state index contributed by atoms with van der Waals surface area (Å²) in [7, 11) is 1.49. The van der Waals surface area contributed by atoms with Crippen molar-refractivity contribution in [3.05, 3.63) is 57.8 Å². The molecule has 142 valence electrons. The fourth-order valence-corrected chi connectivity index (χ4v) is 3.18. The lowest BCUT2D eigenvalue weighted by molar-refractivity contribution is -0.124. The number of urea groups is 1. The number of carbonyl (C=O) groups excluding carboxylic acids is 2. The Bertz CT molecular complexity index is 912. The van der Waals surface area contributed by atoms with Gasteiger partial charge in [-0.1, -0.05) is 29.3 Å². The first-order valence-electron chi connectivity index (χ1n) is 7.86. The van der Waals surface area contributed by atoms with Crippen LogP contribution in [-0.4, -0.2) is 41.5 Å². The summed E-state index contributed by atoms with van der Waals surface area (Å²) in [5.74, 6) is -2.71. The van der Waals surface area contributed by atoms with Gasteiger partial charge < -0.3 is 10.2 Å². The molecule has 1 saturated heterocycles. The van der Waals surface area contributed by atoms with Gasteiger partial charge in [-0.25, -0.2) is 18.6 Å². The second-order valence-corrected chi connectivity index (χ2v) is 6.62. The molecule has 2 heterocycles. The van der Waals surface area contributed by atoms with Gasteiger partial charge >= 0.3 is 6.03 Å². The van der Waals surface area contributed by atoms with Gasteiger partial charge in [-0.2, -0.15) is 0 Å². The standard InChI is InChI=1S/C17H14Cl2F2N4O2/c1-24-12(8-25(17(24)27)11-3-2-6-22-15(11)19)16(26)23-7-9-4-5-10(20)14(21)13(9)18/h2-6,12H,7-8H2,1H3,(H,23,26)/t12-/m0/s1. The summed E-state index contributed by atoms with van der Waals surface area (Å²) in [5, 5.41) is 2.34. The highest BCUT2D eigenvalue weighted by atomic mass is 35.5. The molecule has 1 aliphatic heterocycles. The summed E-state index contributed by atoms with van der Waals surface area (Å²) in [6, 6.07) is 4.27. The Morgan fingerprint density at radius 2 is 2.07 bits per heavy atom. The number of aromatic nitrogens is 1. The monoisotopic (exact) mass is 414 g/mol. The number of amides is 3. The highest BCUT2D eigenvalue weighted by Crippen LogP contribution is 2.28. The van der Waals surface area contributed by atoms with E-state index in [1.165, 1.54) is 29.1 Å². The quantitative estimate of drug-likeness (QED) is 0.616. The van der Waals surface area contributed by atoms with Crippen molar-refractivity contribution in [2.75, 3.05) is 18.5 Å². The van der Waals surface area contributed by atoms with Gasteiger partial charge in [-0.3, -0.25) is 9.69 Å². The molecule has 0 bridgehead atoms. The molecule has 1 atom stereocenters. The molecule has 1 N–H and O–H groups in total. The number of likely N-dealkylation sites (N-methyl/N-ethyl adjacent to an activating group) is 1. The molecule has 2 aromatic rings. The van der Waals surface area contributed by atoms with E-state index in [2.05, 4.69) is 10.3 Å². The second kappa shape index (κ2) is 7.66. The topological polar surface area (TPSA) is 65.5 Å². The number of benzene rings is 1. The van der Waals surface area contributed by atoms with E-state index in [-0.39, 0.29) is 23.8 Å². The van der Waals surface area contributed by atoms with E-state index < -0.39 is 34.6 Å². The van der Waals surface area contributed by atoms with Gasteiger partial charge in [0, 0.05) is 19.8 Å². The normalized spacial score (nSPS) is 16.8. The zero-order chi connectivity index (χ0) is 19.7. The van der Waals surface area contributed by atoms with Crippen LogP contribution in [0.15, 0.2) is 30.5 Å². The maximum atomic E-state index is 13.5. The average molecular weight is 415 g/mol. The summed E-state index contributed by atoms with van der Waals surface area (Å²) in [6.07, 6.45) is 1.49. The lowest BCUT2D eigenvalue weighted by Gasteiger charge is -2.17. The fourth-order valence-electron chi connectivity index (χ4n) is 2.74. The maximum Gasteiger partial charge on any atom is 0.325 e. The predicted molar refractivity (Wildman–Crippen MR) is 96.8 cm³/mol. The third-order valence-corrected chi connectivity index (χ3v) is 4.96. The third kappa shape index (κ3) is 3.68. The first-order valence-corrected chi connectivity index (χ1v) is 8.61. The van der Waals surface area contributed by atoms with E-state index in [9.17, 15) is 18.4 Å². The van der Waals surface area contributed by atoms with Crippen molar-refractivity contribution in [2.45, 2.75) is 12.6 Å². The number of carbonyl (C=O) groups is 2. The molecule has 3 rings (SSSR count). The minimum atomic E-state index is -1.17. The van der Waals surface area contributed by atoms with Crippen LogP contribution < -0.4 is 10.2 Å². The highest BCUT2D eigenvalue weighted by molar-refractivity contribution is 6.32. The number of nitrogens with one attached hydrogen (secondary N) is 1. The number of rotatable bonds is 4. The summed E-state index contributed by atoms with van der Waals surface area (Å²) in [6.45, 7) is -0.0425. The van der Waals surface area contributed by atoms with Gasteiger partial charge in [0.25, 0.3) is 0 Å². The fraction of sp³-hybridized carbons (Fsp3) is 0.235. The molecule has 1 fully saturated rings. The molecule has 6 nitrogen and oxygen atoms in total. The van der Waals surface area contributed by atoms with E-state index >= 15 is 0 Å². The SMILES string of the molecule is CN1C(=O)N(c2cccnc2Cl)C[C@H]1C(=O)NCc1ccc(F)c(F)c1Cl. The van der Waals surface area contributed by atoms with Crippen molar-refractivity contribution in [2.24, 2.45) is 0 Å². The molecule has 1 aromatic carbocycles. The Hall–Kier alpha value is -2.45. The summed E-state index contributed by atoms with van der Waals surface area (Å²) < 4.78 is 26.6. The van der Waals surface area contributed by atoms with Crippen molar-refractivity contribution in [3.8, 4) is 0 Å². The van der Waals surface area contributed by atoms with Gasteiger partial charge in [0.15, 0.2) is 16.8 Å². The molecule has 0 aliphatic carbocycles. The number of halogens is 4. The Morgan fingerprint density at radius 1 is 1.33 bits per heavy atom. The van der Waals surface area contributed by atoms with Crippen LogP contribution in [0.2, 0.25) is 10.2 Å². The molecule has 3 amide bonds. The molecule has 27 heavy (non-hydrogen) atoms. The predicted octanol–water partition coefficient (Wildman–Crippen LogP) is 3.22. The minimum Gasteiger partial charge on any atom is -0.350 e.